The second kappa shape index (κ2) is 52.8. The normalized spacial score (nSPS) is 17.0. The molecule has 14 amide bonds. The summed E-state index contributed by atoms with van der Waals surface area (Å²) in [5.74, 6) is -22.3. The molecule has 0 unspecified atom stereocenters. The molecule has 17 atom stereocenters. The molecule has 0 spiro atoms. The van der Waals surface area contributed by atoms with E-state index in [4.69, 9.17) is 16.9 Å². The monoisotopic (exact) mass is 1800 g/mol. The van der Waals surface area contributed by atoms with Crippen LogP contribution < -0.4 is 91.2 Å². The SMILES string of the molecule is CC(C)C[C@H](NC(=O)[C@H](C)NC(=O)[C@H](CC(=O)O)NC(=O)[C@H](CCCCN)NC(=O)[C@H](CCCNC(=N)N)NC(=O)[C@@H](NC(=O)[C@@H](NC(=O)[C@H](Cc1ccc(O)cc1)NC(=O)[C@@H]1CCCN1)[C@@H](C)O)C(C)C)C(=O)N1CCC[C@H]1C(=O)N[C@@H](CCC(=O)O)C(=O)N[C@@H](Cc1ccccc1)C(=O)N[C@@H](Cc1ccccc1)C(=O)N[C@H](C(=O)N[C@@H](CC(=O)O)C(=O)O)[C@@H](C)O. The number of hydrogen-bond acceptors (Lipinski definition) is 24. The van der Waals surface area contributed by atoms with Gasteiger partial charge in [-0.25, -0.2) is 4.79 Å². The van der Waals surface area contributed by atoms with E-state index >= 15 is 0 Å². The van der Waals surface area contributed by atoms with Gasteiger partial charge >= 0.3 is 23.9 Å². The smallest absolute Gasteiger partial charge is 0.326 e. The molecular formula is C84H123N19O25. The molecule has 5 rings (SSSR count). The zero-order valence-corrected chi connectivity index (χ0v) is 72.5. The number of guanidine groups is 1. The fraction of sp³-hybridized carbons (Fsp3) is 0.560. The summed E-state index contributed by atoms with van der Waals surface area (Å²) in [6.07, 6.45) is -6.41. The standard InChI is InChI=1S/C84H123N19O25/c1-43(2)37-60(82(126)103-36-18-26-62(103)78(122)92-55(31-32-63(107)108)73(117)95-56(38-48-19-10-8-11-20-48)75(119)96-57(39-49-21-12-9-13-22-49)76(120)101-67(46(6)104)80(124)99-61(83(127)128)42-65(111)112)98-69(113)45(5)90-74(118)59(41-64(109)110)97-72(116)53(23-14-15-33-85)91-71(115)54(25-17-35-89-84(86)87)93-79(123)66(44(3)4)100-81(125)68(47(7)105)102-77(121)58(40-50-27-29-51(106)30-28-50)94-70(114)52-24-16-34-88-52/h8-13,19-22,27-30,43-47,52-62,66-68,88,104-106H,14-18,23-26,31-42,85H2,1-7H3,(H,90,118)(H,91,115)(H,92,122)(H,93,123)(H,94,114)(H,95,117)(H,96,119)(H,97,116)(H,98,113)(H,99,124)(H,100,125)(H,101,120)(H,102,121)(H,107,108)(H,109,110)(H,111,112)(H,127,128)(H4,86,87,89)/t45-,46+,47+,52-,53-,54-,55-,56-,57-,58-,59-,60-,61-,62-,66-,67-,68-/m0/s1. The zero-order chi connectivity index (χ0) is 95.2. The Morgan fingerprint density at radius 3 is 1.34 bits per heavy atom. The number of aliphatic hydroxyl groups excluding tert-OH is 2. The molecule has 0 aromatic heterocycles. The molecule has 2 heterocycles. The van der Waals surface area contributed by atoms with Crippen molar-refractivity contribution in [1.29, 1.82) is 5.41 Å². The van der Waals surface area contributed by atoms with E-state index in [0.717, 1.165) is 11.8 Å². The number of nitrogens with zero attached hydrogens (tertiary/aromatic N) is 1. The number of unbranched alkanes of at least 4 members (excludes halogenated alkanes) is 1. The van der Waals surface area contributed by atoms with Gasteiger partial charge in [0.25, 0.3) is 0 Å². The van der Waals surface area contributed by atoms with Crippen molar-refractivity contribution < 1.29 is 122 Å². The highest BCUT2D eigenvalue weighted by Gasteiger charge is 2.43. The van der Waals surface area contributed by atoms with Crippen molar-refractivity contribution in [1.82, 2.24) is 84.7 Å². The highest BCUT2D eigenvalue weighted by atomic mass is 16.4. The number of aromatic hydroxyl groups is 1. The Kier molecular flexibility index (Phi) is 43.6. The van der Waals surface area contributed by atoms with Gasteiger partial charge in [-0.15, -0.1) is 0 Å². The Morgan fingerprint density at radius 1 is 0.445 bits per heavy atom. The molecule has 2 saturated heterocycles. The average molecular weight is 1800 g/mol. The number of carboxylic acid groups (broad SMARTS) is 4. The van der Waals surface area contributed by atoms with E-state index < -0.39 is 247 Å². The number of carbonyl (C=O) groups excluding carboxylic acids is 14. The third kappa shape index (κ3) is 35.8. The minimum Gasteiger partial charge on any atom is -0.508 e. The second-order valence-electron chi connectivity index (χ2n) is 32.4. The third-order valence-corrected chi connectivity index (χ3v) is 21.0. The number of carbonyl (C=O) groups is 18. The lowest BCUT2D eigenvalue weighted by Gasteiger charge is -2.31. The number of carboxylic acids is 4. The second-order valence-corrected chi connectivity index (χ2v) is 32.4. The van der Waals surface area contributed by atoms with Gasteiger partial charge in [-0.2, -0.15) is 0 Å². The van der Waals surface area contributed by atoms with Crippen LogP contribution in [0, 0.1) is 17.2 Å². The summed E-state index contributed by atoms with van der Waals surface area (Å²) in [5.41, 5.74) is 12.7. The molecular weight excluding hydrogens is 1680 g/mol. The molecule has 3 aromatic rings. The van der Waals surface area contributed by atoms with E-state index in [1.807, 2.05) is 5.32 Å². The molecule has 44 heteroatoms. The fourth-order valence-electron chi connectivity index (χ4n) is 14.1. The molecule has 704 valence electrons. The molecule has 0 bridgehead atoms. The number of nitrogens with one attached hydrogen (secondary N) is 16. The van der Waals surface area contributed by atoms with E-state index in [1.54, 1.807) is 74.5 Å². The minimum absolute atomic E-state index is 0.0224. The maximum absolute atomic E-state index is 14.8. The minimum atomic E-state index is -2.00. The van der Waals surface area contributed by atoms with Crippen LogP contribution in [0.3, 0.4) is 0 Å². The first-order chi connectivity index (χ1) is 60.5. The third-order valence-electron chi connectivity index (χ3n) is 21.0. The van der Waals surface area contributed by atoms with Crippen molar-refractivity contribution >= 4 is 113 Å². The van der Waals surface area contributed by atoms with Crippen LogP contribution in [0.5, 0.6) is 5.75 Å². The molecule has 2 aliphatic rings. The van der Waals surface area contributed by atoms with E-state index in [9.17, 15) is 122 Å². The quantitative estimate of drug-likeness (QED) is 0.0143. The van der Waals surface area contributed by atoms with Gasteiger partial charge in [-0.05, 0) is 145 Å². The van der Waals surface area contributed by atoms with E-state index in [0.29, 0.717) is 36.1 Å². The van der Waals surface area contributed by atoms with Crippen molar-refractivity contribution in [3.05, 3.63) is 102 Å². The van der Waals surface area contributed by atoms with E-state index in [1.165, 1.54) is 52.0 Å². The van der Waals surface area contributed by atoms with Gasteiger partial charge in [-0.3, -0.25) is 86.9 Å². The van der Waals surface area contributed by atoms with Crippen LogP contribution in [0.25, 0.3) is 0 Å². The molecule has 128 heavy (non-hydrogen) atoms. The van der Waals surface area contributed by atoms with Crippen LogP contribution >= 0.6 is 0 Å². The zero-order valence-electron chi connectivity index (χ0n) is 72.5. The highest BCUT2D eigenvalue weighted by molar-refractivity contribution is 6.02. The van der Waals surface area contributed by atoms with Crippen LogP contribution in [0.15, 0.2) is 84.9 Å². The molecule has 0 saturated carbocycles. The van der Waals surface area contributed by atoms with Crippen molar-refractivity contribution in [2.24, 2.45) is 23.3 Å². The Bertz CT molecular complexity index is 4330. The first kappa shape index (κ1) is 106. The van der Waals surface area contributed by atoms with Gasteiger partial charge in [-0.1, -0.05) is 100 Å². The van der Waals surface area contributed by atoms with Gasteiger partial charge in [0.2, 0.25) is 82.7 Å². The van der Waals surface area contributed by atoms with Crippen molar-refractivity contribution in [3.63, 3.8) is 0 Å². The van der Waals surface area contributed by atoms with Gasteiger partial charge in [0, 0.05) is 38.8 Å². The largest absolute Gasteiger partial charge is 0.508 e. The molecule has 0 aliphatic carbocycles. The van der Waals surface area contributed by atoms with Crippen LogP contribution in [-0.2, 0) is 106 Å². The number of amides is 14. The summed E-state index contributed by atoms with van der Waals surface area (Å²) in [5, 5.41) is 116. The molecule has 3 aromatic carbocycles. The number of hydrogen-bond donors (Lipinski definition) is 25. The Labute approximate surface area is 738 Å². The fourth-order valence-corrected chi connectivity index (χ4v) is 14.1. The summed E-state index contributed by atoms with van der Waals surface area (Å²) in [7, 11) is 0. The summed E-state index contributed by atoms with van der Waals surface area (Å²) in [6, 6.07) is -1.91. The molecule has 44 nitrogen and oxygen atoms in total. The molecule has 0 radical (unpaired) electrons. The highest BCUT2D eigenvalue weighted by Crippen LogP contribution is 2.23. The van der Waals surface area contributed by atoms with E-state index in [2.05, 4.69) is 74.4 Å². The van der Waals surface area contributed by atoms with E-state index in [-0.39, 0.29) is 102 Å². The average Bonchev–Trinajstić information content (AvgIpc) is 1.55. The van der Waals surface area contributed by atoms with Crippen molar-refractivity contribution in [2.45, 2.75) is 260 Å². The van der Waals surface area contributed by atoms with Crippen LogP contribution in [0.2, 0.25) is 0 Å². The molecule has 27 N–H and O–H groups in total. The number of benzene rings is 3. The van der Waals surface area contributed by atoms with Crippen molar-refractivity contribution in [3.8, 4) is 5.75 Å². The topological polar surface area (TPSA) is 708 Å². The predicted octanol–water partition coefficient (Wildman–Crippen LogP) is -4.76. The summed E-state index contributed by atoms with van der Waals surface area (Å²) in [6.45, 7) is 10.4. The lowest BCUT2D eigenvalue weighted by atomic mass is 10.00. The van der Waals surface area contributed by atoms with Crippen LogP contribution in [0.1, 0.15) is 155 Å². The number of aliphatic carboxylic acids is 4. The lowest BCUT2D eigenvalue weighted by Crippen LogP contribution is -2.62. The lowest BCUT2D eigenvalue weighted by molar-refractivity contribution is -0.148. The van der Waals surface area contributed by atoms with Gasteiger partial charge < -0.3 is 132 Å². The van der Waals surface area contributed by atoms with Crippen LogP contribution in [0.4, 0.5) is 0 Å². The first-order valence-corrected chi connectivity index (χ1v) is 42.3. The van der Waals surface area contributed by atoms with Gasteiger partial charge in [0.15, 0.2) is 5.96 Å². The van der Waals surface area contributed by atoms with Gasteiger partial charge in [0.05, 0.1) is 31.1 Å². The number of likely N-dealkylation sites (tertiary alicyclic amines) is 1. The first-order valence-electron chi connectivity index (χ1n) is 42.3. The number of rotatable bonds is 54. The Morgan fingerprint density at radius 2 is 0.867 bits per heavy atom. The summed E-state index contributed by atoms with van der Waals surface area (Å²) in [4.78, 5) is 249. The maximum Gasteiger partial charge on any atom is 0.326 e. The Balaban J connectivity index is 1.33. The summed E-state index contributed by atoms with van der Waals surface area (Å²) >= 11 is 0. The predicted molar refractivity (Wildman–Crippen MR) is 457 cm³/mol. The number of nitrogens with two attached hydrogens (primary N) is 2. The molecule has 2 fully saturated rings. The van der Waals surface area contributed by atoms with Crippen LogP contribution in [-0.4, -0.2) is 282 Å². The Hall–Kier alpha value is -13.0. The number of phenols is 1. The van der Waals surface area contributed by atoms with Gasteiger partial charge in [0.1, 0.15) is 90.3 Å². The maximum atomic E-state index is 14.8. The van der Waals surface area contributed by atoms with Crippen molar-refractivity contribution in [2.75, 3.05) is 26.2 Å². The number of phenolic OH excluding ortho intramolecular Hbond substituents is 1. The number of aliphatic hydroxyl groups is 2. The summed E-state index contributed by atoms with van der Waals surface area (Å²) < 4.78 is 0. The molecule has 2 aliphatic heterocycles.